The standard InChI is InChI=1S/C7H8F3NO2/c1-12-11-3-5-2-6(13-4-5)7(8,9)10/h2,4,11H,3H2,1H3. The van der Waals surface area contributed by atoms with Gasteiger partial charge in [0.1, 0.15) is 0 Å². The van der Waals surface area contributed by atoms with Gasteiger partial charge in [-0.15, -0.1) is 0 Å². The molecule has 0 saturated carbocycles. The minimum absolute atomic E-state index is 0.177. The summed E-state index contributed by atoms with van der Waals surface area (Å²) in [7, 11) is 1.38. The Balaban J connectivity index is 2.64. The van der Waals surface area contributed by atoms with Crippen molar-refractivity contribution >= 4 is 0 Å². The van der Waals surface area contributed by atoms with E-state index in [4.69, 9.17) is 0 Å². The molecule has 0 fully saturated rings. The van der Waals surface area contributed by atoms with E-state index in [0.717, 1.165) is 12.3 Å². The first-order valence-electron chi connectivity index (χ1n) is 3.44. The third-order valence-corrected chi connectivity index (χ3v) is 1.35. The van der Waals surface area contributed by atoms with Crippen molar-refractivity contribution in [2.45, 2.75) is 12.7 Å². The number of hydrogen-bond donors (Lipinski definition) is 1. The summed E-state index contributed by atoms with van der Waals surface area (Å²) in [5.41, 5.74) is 2.79. The second-order valence-corrected chi connectivity index (χ2v) is 2.34. The van der Waals surface area contributed by atoms with E-state index in [1.165, 1.54) is 7.11 Å². The van der Waals surface area contributed by atoms with Crippen molar-refractivity contribution in [1.82, 2.24) is 5.48 Å². The number of hydroxylamine groups is 1. The molecule has 1 rings (SSSR count). The van der Waals surface area contributed by atoms with Crippen molar-refractivity contribution in [3.63, 3.8) is 0 Å². The molecule has 0 aliphatic rings. The van der Waals surface area contributed by atoms with Crippen LogP contribution in [0.3, 0.4) is 0 Å². The molecule has 0 atom stereocenters. The van der Waals surface area contributed by atoms with E-state index in [1.54, 1.807) is 0 Å². The molecule has 74 valence electrons. The molecular formula is C7H8F3NO2. The van der Waals surface area contributed by atoms with Crippen molar-refractivity contribution in [2.75, 3.05) is 7.11 Å². The molecule has 0 unspecified atom stereocenters. The van der Waals surface area contributed by atoms with Gasteiger partial charge in [0.15, 0.2) is 0 Å². The van der Waals surface area contributed by atoms with Crippen LogP contribution in [-0.2, 0) is 17.6 Å². The first-order chi connectivity index (χ1) is 6.04. The fraction of sp³-hybridized carbons (Fsp3) is 0.429. The zero-order chi connectivity index (χ0) is 9.90. The Labute approximate surface area is 72.4 Å². The second-order valence-electron chi connectivity index (χ2n) is 2.34. The lowest BCUT2D eigenvalue weighted by Crippen LogP contribution is -2.10. The van der Waals surface area contributed by atoms with Gasteiger partial charge in [-0.25, -0.2) is 0 Å². The van der Waals surface area contributed by atoms with Crippen LogP contribution < -0.4 is 5.48 Å². The van der Waals surface area contributed by atoms with Gasteiger partial charge in [-0.2, -0.15) is 18.7 Å². The molecule has 1 N–H and O–H groups in total. The fourth-order valence-corrected chi connectivity index (χ4v) is 0.772. The maximum Gasteiger partial charge on any atom is 0.449 e. The van der Waals surface area contributed by atoms with E-state index in [9.17, 15) is 13.2 Å². The summed E-state index contributed by atoms with van der Waals surface area (Å²) < 4.78 is 40.2. The van der Waals surface area contributed by atoms with E-state index in [0.29, 0.717) is 5.56 Å². The Bertz CT molecular complexity index is 269. The van der Waals surface area contributed by atoms with E-state index in [1.807, 2.05) is 0 Å². The van der Waals surface area contributed by atoms with Gasteiger partial charge in [0, 0.05) is 12.1 Å². The number of rotatable bonds is 3. The molecule has 1 aromatic heterocycles. The summed E-state index contributed by atoms with van der Waals surface area (Å²) in [6, 6.07) is 0.923. The van der Waals surface area contributed by atoms with Crippen LogP contribution >= 0.6 is 0 Å². The van der Waals surface area contributed by atoms with Crippen LogP contribution in [0, 0.1) is 0 Å². The van der Waals surface area contributed by atoms with E-state index in [-0.39, 0.29) is 6.54 Å². The summed E-state index contributed by atoms with van der Waals surface area (Å²) in [5.74, 6) is -1.000. The highest BCUT2D eigenvalue weighted by Gasteiger charge is 2.34. The Morgan fingerprint density at radius 3 is 2.69 bits per heavy atom. The van der Waals surface area contributed by atoms with Crippen LogP contribution in [-0.4, -0.2) is 7.11 Å². The molecule has 6 heteroatoms. The predicted octanol–water partition coefficient (Wildman–Crippen LogP) is 1.95. The van der Waals surface area contributed by atoms with Gasteiger partial charge in [-0.3, -0.25) is 0 Å². The molecule has 1 heterocycles. The number of halogens is 3. The van der Waals surface area contributed by atoms with Crippen LogP contribution in [0.25, 0.3) is 0 Å². The van der Waals surface area contributed by atoms with E-state index in [2.05, 4.69) is 14.7 Å². The molecule has 0 amide bonds. The van der Waals surface area contributed by atoms with Gasteiger partial charge >= 0.3 is 6.18 Å². The summed E-state index contributed by atoms with van der Waals surface area (Å²) in [4.78, 5) is 4.47. The molecular weight excluding hydrogens is 187 g/mol. The number of hydrogen-bond acceptors (Lipinski definition) is 3. The molecule has 1 aromatic rings. The lowest BCUT2D eigenvalue weighted by Gasteiger charge is -1.99. The molecule has 13 heavy (non-hydrogen) atoms. The summed E-state index contributed by atoms with van der Waals surface area (Å²) in [6.07, 6.45) is -3.39. The zero-order valence-corrected chi connectivity index (χ0v) is 6.81. The van der Waals surface area contributed by atoms with Crippen molar-refractivity contribution < 1.29 is 22.4 Å². The predicted molar refractivity (Wildman–Crippen MR) is 37.6 cm³/mol. The quantitative estimate of drug-likeness (QED) is 0.748. The fourth-order valence-electron chi connectivity index (χ4n) is 0.772. The largest absolute Gasteiger partial charge is 0.459 e. The van der Waals surface area contributed by atoms with E-state index < -0.39 is 11.9 Å². The van der Waals surface area contributed by atoms with Crippen molar-refractivity contribution in [3.05, 3.63) is 23.7 Å². The Kier molecular flexibility index (Phi) is 2.94. The van der Waals surface area contributed by atoms with Crippen LogP contribution in [0.15, 0.2) is 16.7 Å². The highest BCUT2D eigenvalue weighted by atomic mass is 19.4. The molecule has 0 aliphatic carbocycles. The minimum atomic E-state index is -4.43. The third-order valence-electron chi connectivity index (χ3n) is 1.35. The van der Waals surface area contributed by atoms with Gasteiger partial charge in [-0.05, 0) is 6.07 Å². The lowest BCUT2D eigenvalue weighted by atomic mass is 10.3. The van der Waals surface area contributed by atoms with Gasteiger partial charge in [-0.1, -0.05) is 0 Å². The average Bonchev–Trinajstić information content (AvgIpc) is 2.47. The van der Waals surface area contributed by atoms with Gasteiger partial charge < -0.3 is 9.25 Å². The Morgan fingerprint density at radius 1 is 1.54 bits per heavy atom. The van der Waals surface area contributed by atoms with Gasteiger partial charge in [0.05, 0.1) is 13.4 Å². The third kappa shape index (κ3) is 2.74. The Hall–Kier alpha value is -1.01. The maximum absolute atomic E-state index is 12.0. The smallest absolute Gasteiger partial charge is 0.449 e. The van der Waals surface area contributed by atoms with Crippen LogP contribution in [0.5, 0.6) is 0 Å². The topological polar surface area (TPSA) is 34.4 Å². The second kappa shape index (κ2) is 3.80. The minimum Gasteiger partial charge on any atom is -0.459 e. The molecule has 3 nitrogen and oxygen atoms in total. The van der Waals surface area contributed by atoms with Crippen molar-refractivity contribution in [3.8, 4) is 0 Å². The number of nitrogens with one attached hydrogen (secondary N) is 1. The summed E-state index contributed by atoms with van der Waals surface area (Å²) >= 11 is 0. The average molecular weight is 195 g/mol. The highest BCUT2D eigenvalue weighted by Crippen LogP contribution is 2.30. The van der Waals surface area contributed by atoms with Gasteiger partial charge in [0.25, 0.3) is 0 Å². The molecule has 0 radical (unpaired) electrons. The van der Waals surface area contributed by atoms with E-state index >= 15 is 0 Å². The first-order valence-corrected chi connectivity index (χ1v) is 3.44. The van der Waals surface area contributed by atoms with Gasteiger partial charge in [0.2, 0.25) is 5.76 Å². The van der Waals surface area contributed by atoms with Crippen LogP contribution in [0.4, 0.5) is 13.2 Å². The number of furan rings is 1. The normalized spacial score (nSPS) is 12.0. The van der Waals surface area contributed by atoms with Crippen molar-refractivity contribution in [2.24, 2.45) is 0 Å². The molecule has 0 saturated heterocycles. The zero-order valence-electron chi connectivity index (χ0n) is 6.81. The van der Waals surface area contributed by atoms with Crippen molar-refractivity contribution in [1.29, 1.82) is 0 Å². The first kappa shape index (κ1) is 10.1. The monoisotopic (exact) mass is 195 g/mol. The molecule has 0 bridgehead atoms. The lowest BCUT2D eigenvalue weighted by molar-refractivity contribution is -0.153. The Morgan fingerprint density at radius 2 is 2.23 bits per heavy atom. The molecule has 0 aromatic carbocycles. The summed E-state index contributed by atoms with van der Waals surface area (Å²) in [6.45, 7) is 0.177. The van der Waals surface area contributed by atoms with Crippen LogP contribution in [0.1, 0.15) is 11.3 Å². The maximum atomic E-state index is 12.0. The molecule has 0 spiro atoms. The van der Waals surface area contributed by atoms with Crippen LogP contribution in [0.2, 0.25) is 0 Å². The molecule has 0 aliphatic heterocycles. The highest BCUT2D eigenvalue weighted by molar-refractivity contribution is 5.14. The summed E-state index contributed by atoms with van der Waals surface area (Å²) in [5, 5.41) is 0. The SMILES string of the molecule is CONCc1coc(C(F)(F)F)c1. The number of alkyl halides is 3.